The Morgan fingerprint density at radius 2 is 2.14 bits per heavy atom. The molecular formula is C8H9ClN4S. The molecule has 1 heterocycles. The van der Waals surface area contributed by atoms with E-state index in [0.29, 0.717) is 0 Å². The fourth-order valence-corrected chi connectivity index (χ4v) is 1.77. The van der Waals surface area contributed by atoms with Crippen LogP contribution in [-0.2, 0) is 10.7 Å². The molecule has 74 valence electrons. The van der Waals surface area contributed by atoms with Crippen molar-refractivity contribution in [3.05, 3.63) is 23.2 Å². The molecule has 0 amide bonds. The Bertz CT molecular complexity index is 381. The zero-order chi connectivity index (χ0) is 10.6. The molecule has 0 saturated carbocycles. The molecule has 1 aromatic heterocycles. The minimum absolute atomic E-state index is 0.145. The first kappa shape index (κ1) is 11.1. The molecule has 1 aromatic rings. The Balaban J connectivity index is 2.91. The first-order valence-electron chi connectivity index (χ1n) is 3.87. The van der Waals surface area contributed by atoms with Crippen molar-refractivity contribution in [2.75, 3.05) is 6.26 Å². The fourth-order valence-electron chi connectivity index (χ4n) is 0.873. The summed E-state index contributed by atoms with van der Waals surface area (Å²) in [6, 6.07) is 0. The maximum absolute atomic E-state index is 8.41. The summed E-state index contributed by atoms with van der Waals surface area (Å²) in [7, 11) is -0.332. The highest BCUT2D eigenvalue weighted by Crippen LogP contribution is 2.18. The maximum Gasteiger partial charge on any atom is 0.222 e. The van der Waals surface area contributed by atoms with Crippen LogP contribution < -0.4 is 0 Å². The van der Waals surface area contributed by atoms with Crippen molar-refractivity contribution in [1.29, 1.82) is 5.26 Å². The van der Waals surface area contributed by atoms with E-state index in [1.165, 1.54) is 0 Å². The van der Waals surface area contributed by atoms with E-state index in [2.05, 4.69) is 14.3 Å². The van der Waals surface area contributed by atoms with Crippen LogP contribution in [0.4, 0.5) is 0 Å². The highest BCUT2D eigenvalue weighted by Gasteiger charge is 2.08. The summed E-state index contributed by atoms with van der Waals surface area (Å²) in [5.74, 6) is 0. The summed E-state index contributed by atoms with van der Waals surface area (Å²) >= 11 is 5.56. The van der Waals surface area contributed by atoms with E-state index in [9.17, 15) is 0 Å². The van der Waals surface area contributed by atoms with E-state index in [-0.39, 0.29) is 21.2 Å². The van der Waals surface area contributed by atoms with Gasteiger partial charge in [-0.15, -0.1) is 0 Å². The number of rotatable bonds is 2. The van der Waals surface area contributed by atoms with Crippen LogP contribution in [0.25, 0.3) is 0 Å². The van der Waals surface area contributed by atoms with Crippen LogP contribution in [-0.4, -0.2) is 16.2 Å². The summed E-state index contributed by atoms with van der Waals surface area (Å²) in [6.07, 6.45) is 7.03. The highest BCUT2D eigenvalue weighted by molar-refractivity contribution is 7.86. The van der Waals surface area contributed by atoms with Crippen LogP contribution in [0, 0.1) is 11.5 Å². The van der Waals surface area contributed by atoms with Gasteiger partial charge >= 0.3 is 0 Å². The molecule has 1 rings (SSSR count). The van der Waals surface area contributed by atoms with Crippen LogP contribution >= 0.6 is 11.6 Å². The lowest BCUT2D eigenvalue weighted by atomic mass is 10.3. The Morgan fingerprint density at radius 3 is 2.64 bits per heavy atom. The molecule has 0 aliphatic carbocycles. The molecule has 14 heavy (non-hydrogen) atoms. The molecule has 0 radical (unpaired) electrons. The number of hydrogen-bond acceptors (Lipinski definition) is 4. The van der Waals surface area contributed by atoms with Crippen LogP contribution in [0.1, 0.15) is 17.7 Å². The van der Waals surface area contributed by atoms with Crippen molar-refractivity contribution < 1.29 is 0 Å². The van der Waals surface area contributed by atoms with E-state index in [1.807, 2.05) is 13.2 Å². The highest BCUT2D eigenvalue weighted by atomic mass is 35.5. The van der Waals surface area contributed by atoms with Gasteiger partial charge in [0, 0.05) is 23.2 Å². The van der Waals surface area contributed by atoms with Crippen LogP contribution in [0.15, 0.2) is 16.8 Å². The maximum atomic E-state index is 8.41. The van der Waals surface area contributed by atoms with Gasteiger partial charge in [-0.2, -0.15) is 9.62 Å². The normalized spacial score (nSPS) is 14.7. The minimum atomic E-state index is -0.332. The van der Waals surface area contributed by atoms with Gasteiger partial charge in [-0.3, -0.25) is 0 Å². The first-order chi connectivity index (χ1) is 6.65. The molecule has 2 atom stereocenters. The van der Waals surface area contributed by atoms with Crippen molar-refractivity contribution in [3.8, 4) is 6.19 Å². The van der Waals surface area contributed by atoms with Gasteiger partial charge in [-0.1, -0.05) is 10.7 Å². The van der Waals surface area contributed by atoms with E-state index >= 15 is 0 Å². The fraction of sp³-hybridized carbons (Fsp3) is 0.375. The van der Waals surface area contributed by atoms with Gasteiger partial charge in [-0.05, 0) is 24.8 Å². The molecule has 0 fully saturated rings. The molecule has 0 aromatic carbocycles. The summed E-state index contributed by atoms with van der Waals surface area (Å²) < 4.78 is 3.77. The van der Waals surface area contributed by atoms with E-state index < -0.39 is 0 Å². The Morgan fingerprint density at radius 1 is 1.57 bits per heavy atom. The molecule has 0 spiro atoms. The van der Waals surface area contributed by atoms with Gasteiger partial charge in [0.2, 0.25) is 11.5 Å². The standard InChI is InChI=1S/C8H9ClN4S/c1-6(14(2)13-5-10)7-3-11-8(9)12-4-7/h3-4,6H,1-2H3. The summed E-state index contributed by atoms with van der Waals surface area (Å²) in [5.41, 5.74) is 0.944. The number of halogens is 1. The molecule has 0 bridgehead atoms. The lowest BCUT2D eigenvalue weighted by Crippen LogP contribution is -2.01. The lowest BCUT2D eigenvalue weighted by Gasteiger charge is -2.09. The van der Waals surface area contributed by atoms with Crippen LogP contribution in [0.2, 0.25) is 5.28 Å². The van der Waals surface area contributed by atoms with Crippen molar-refractivity contribution in [3.63, 3.8) is 0 Å². The Kier molecular flexibility index (Phi) is 3.98. The quantitative estimate of drug-likeness (QED) is 0.575. The third kappa shape index (κ3) is 2.76. The molecule has 4 nitrogen and oxygen atoms in total. The third-order valence-corrected chi connectivity index (χ3v) is 3.67. The smallest absolute Gasteiger partial charge is 0.222 e. The lowest BCUT2D eigenvalue weighted by molar-refractivity contribution is 1.02. The second-order valence-corrected chi connectivity index (χ2v) is 4.92. The van der Waals surface area contributed by atoms with Gasteiger partial charge in [0.05, 0.1) is 0 Å². The number of nitrogens with zero attached hydrogens (tertiary/aromatic N) is 4. The first-order valence-corrected chi connectivity index (χ1v) is 5.90. The van der Waals surface area contributed by atoms with Crippen molar-refractivity contribution in [2.45, 2.75) is 12.2 Å². The Labute approximate surface area is 90.1 Å². The summed E-state index contributed by atoms with van der Waals surface area (Å²) in [4.78, 5) is 7.75. The summed E-state index contributed by atoms with van der Waals surface area (Å²) in [6.45, 7) is 1.98. The molecule has 0 saturated heterocycles. The number of nitriles is 1. The van der Waals surface area contributed by atoms with Crippen molar-refractivity contribution in [1.82, 2.24) is 9.97 Å². The minimum Gasteiger partial charge on any atom is -0.226 e. The van der Waals surface area contributed by atoms with Crippen molar-refractivity contribution in [2.24, 2.45) is 4.36 Å². The second kappa shape index (κ2) is 5.03. The molecule has 0 aliphatic rings. The summed E-state index contributed by atoms with van der Waals surface area (Å²) in [5, 5.41) is 8.79. The number of aromatic nitrogens is 2. The zero-order valence-corrected chi connectivity index (χ0v) is 9.38. The monoisotopic (exact) mass is 228 g/mol. The zero-order valence-electron chi connectivity index (χ0n) is 7.81. The number of hydrogen-bond donors (Lipinski definition) is 0. The average Bonchev–Trinajstić information content (AvgIpc) is 2.18. The largest absolute Gasteiger partial charge is 0.226 e. The van der Waals surface area contributed by atoms with Gasteiger partial charge in [0.1, 0.15) is 0 Å². The van der Waals surface area contributed by atoms with E-state index in [4.69, 9.17) is 16.9 Å². The molecule has 2 unspecified atom stereocenters. The van der Waals surface area contributed by atoms with Crippen LogP contribution in [0.3, 0.4) is 0 Å². The Hall–Kier alpha value is -0.990. The predicted octanol–water partition coefficient (Wildman–Crippen LogP) is 2.10. The second-order valence-electron chi connectivity index (χ2n) is 2.64. The van der Waals surface area contributed by atoms with Gasteiger partial charge in [0.15, 0.2) is 0 Å². The van der Waals surface area contributed by atoms with Crippen molar-refractivity contribution >= 4 is 22.3 Å². The van der Waals surface area contributed by atoms with E-state index in [1.54, 1.807) is 18.6 Å². The van der Waals surface area contributed by atoms with E-state index in [0.717, 1.165) is 5.56 Å². The predicted molar refractivity (Wildman–Crippen MR) is 56.8 cm³/mol. The SMILES string of the molecule is CC(c1cnc(Cl)nc1)S(C)=NC#N. The molecule has 0 N–H and O–H groups in total. The topological polar surface area (TPSA) is 61.9 Å². The molecule has 0 aliphatic heterocycles. The third-order valence-electron chi connectivity index (χ3n) is 1.81. The average molecular weight is 229 g/mol. The molecule has 6 heteroatoms. The van der Waals surface area contributed by atoms with Gasteiger partial charge < -0.3 is 0 Å². The molecular weight excluding hydrogens is 220 g/mol. The van der Waals surface area contributed by atoms with Crippen LogP contribution in [0.5, 0.6) is 0 Å². The van der Waals surface area contributed by atoms with Gasteiger partial charge in [-0.25, -0.2) is 9.97 Å². The van der Waals surface area contributed by atoms with Gasteiger partial charge in [0.25, 0.3) is 0 Å².